The Kier molecular flexibility index (Phi) is 11.0. The molecule has 0 aromatic heterocycles. The second kappa shape index (κ2) is 13.6. The molecule has 1 aliphatic carbocycles. The highest BCUT2D eigenvalue weighted by molar-refractivity contribution is 5.20. The third kappa shape index (κ3) is 11.3. The zero-order chi connectivity index (χ0) is 14.1. The molecule has 0 aromatic carbocycles. The van der Waals surface area contributed by atoms with Crippen LogP contribution in [0.2, 0.25) is 0 Å². The first-order chi connectivity index (χ1) is 10.0. The minimum atomic E-state index is 1.07. The van der Waals surface area contributed by atoms with Crippen LogP contribution in [0.15, 0.2) is 79.0 Å². The normalized spacial score (nSPS) is 29.6. The zero-order valence-electron chi connectivity index (χ0n) is 12.2. The number of hydrogen-bond acceptors (Lipinski definition) is 0. The number of hydrogen-bond donors (Lipinski definition) is 0. The maximum atomic E-state index is 3.31. The standard InChI is InChI=1S/C20H25/c1-2-4-6-8-10-12-14-16-18-20-19-17-15-13-11-9-7-5-3-1/h1-13H,14,16-20H2/b3-1+,4-2+,7-5-,8-6-,11-9+,12-10+,15-13?. The molecule has 1 aliphatic rings. The predicted octanol–water partition coefficient (Wildman–Crippen LogP) is 6.04. The van der Waals surface area contributed by atoms with E-state index in [1.165, 1.54) is 32.1 Å². The summed E-state index contributed by atoms with van der Waals surface area (Å²) in [5, 5.41) is 0. The van der Waals surface area contributed by atoms with E-state index in [-0.39, 0.29) is 0 Å². The first-order valence-electron chi connectivity index (χ1n) is 7.55. The van der Waals surface area contributed by atoms with Crippen LogP contribution in [0.3, 0.4) is 0 Å². The molecule has 1 rings (SSSR count). The van der Waals surface area contributed by atoms with Crippen LogP contribution < -0.4 is 0 Å². The second-order valence-electron chi connectivity index (χ2n) is 4.68. The molecule has 0 nitrogen and oxygen atoms in total. The fourth-order valence-electron chi connectivity index (χ4n) is 1.80. The molecular weight excluding hydrogens is 240 g/mol. The third-order valence-electron chi connectivity index (χ3n) is 2.90. The number of allylic oxidation sites excluding steroid dienone is 14. The van der Waals surface area contributed by atoms with Crippen molar-refractivity contribution in [3.05, 3.63) is 85.1 Å². The SMILES string of the molecule is [C]1=C/C=C/C=C\C=C\C=C\C=C/C=C/CCCCCC/1. The minimum Gasteiger partial charge on any atom is -0.0845 e. The molecule has 20 heavy (non-hydrogen) atoms. The van der Waals surface area contributed by atoms with Gasteiger partial charge in [-0.2, -0.15) is 0 Å². The summed E-state index contributed by atoms with van der Waals surface area (Å²) in [7, 11) is 0. The van der Waals surface area contributed by atoms with E-state index in [0.717, 1.165) is 6.42 Å². The Labute approximate surface area is 124 Å². The maximum absolute atomic E-state index is 3.31. The molecule has 0 N–H and O–H groups in total. The molecule has 0 heteroatoms. The molecule has 0 saturated carbocycles. The maximum Gasteiger partial charge on any atom is -0.0276 e. The Bertz CT molecular complexity index is 371. The summed E-state index contributed by atoms with van der Waals surface area (Å²) in [4.78, 5) is 0. The van der Waals surface area contributed by atoms with Crippen LogP contribution in [0.25, 0.3) is 0 Å². The molecule has 0 atom stereocenters. The molecule has 0 bridgehead atoms. The van der Waals surface area contributed by atoms with Gasteiger partial charge in [0.05, 0.1) is 0 Å². The third-order valence-corrected chi connectivity index (χ3v) is 2.90. The fraction of sp³-hybridized carbons (Fsp3) is 0.300. The van der Waals surface area contributed by atoms with E-state index < -0.39 is 0 Å². The molecule has 105 valence electrons. The van der Waals surface area contributed by atoms with Gasteiger partial charge >= 0.3 is 0 Å². The van der Waals surface area contributed by atoms with Crippen LogP contribution in [0, 0.1) is 6.08 Å². The van der Waals surface area contributed by atoms with Crippen LogP contribution >= 0.6 is 0 Å². The van der Waals surface area contributed by atoms with E-state index in [2.05, 4.69) is 30.4 Å². The quantitative estimate of drug-likeness (QED) is 0.501. The van der Waals surface area contributed by atoms with Gasteiger partial charge in [0.25, 0.3) is 0 Å². The van der Waals surface area contributed by atoms with Gasteiger partial charge in [0.15, 0.2) is 0 Å². The Morgan fingerprint density at radius 1 is 0.500 bits per heavy atom. The Hall–Kier alpha value is -1.82. The van der Waals surface area contributed by atoms with E-state index in [0.29, 0.717) is 0 Å². The van der Waals surface area contributed by atoms with Crippen molar-refractivity contribution >= 4 is 0 Å². The highest BCUT2D eigenvalue weighted by atomic mass is 13.9. The van der Waals surface area contributed by atoms with E-state index in [1.807, 2.05) is 54.7 Å². The van der Waals surface area contributed by atoms with Crippen LogP contribution in [0.5, 0.6) is 0 Å². The van der Waals surface area contributed by atoms with E-state index in [9.17, 15) is 0 Å². The van der Waals surface area contributed by atoms with Gasteiger partial charge in [0.1, 0.15) is 0 Å². The van der Waals surface area contributed by atoms with Gasteiger partial charge < -0.3 is 0 Å². The lowest BCUT2D eigenvalue weighted by Gasteiger charge is -1.96. The van der Waals surface area contributed by atoms with E-state index in [1.54, 1.807) is 0 Å². The average molecular weight is 265 g/mol. The van der Waals surface area contributed by atoms with Crippen molar-refractivity contribution in [2.45, 2.75) is 38.5 Å². The summed E-state index contributed by atoms with van der Waals surface area (Å²) < 4.78 is 0. The largest absolute Gasteiger partial charge is 0.0845 e. The van der Waals surface area contributed by atoms with Crippen LogP contribution in [0.1, 0.15) is 38.5 Å². The summed E-state index contributed by atoms with van der Waals surface area (Å²) >= 11 is 0. The average Bonchev–Trinajstić information content (AvgIpc) is 2.46. The lowest BCUT2D eigenvalue weighted by Crippen LogP contribution is -1.76. The van der Waals surface area contributed by atoms with Crippen molar-refractivity contribution in [3.63, 3.8) is 0 Å². The summed E-state index contributed by atoms with van der Waals surface area (Å²) in [6, 6.07) is 0. The Morgan fingerprint density at radius 3 is 1.75 bits per heavy atom. The lowest BCUT2D eigenvalue weighted by atomic mass is 10.1. The van der Waals surface area contributed by atoms with Crippen molar-refractivity contribution in [1.29, 1.82) is 0 Å². The molecule has 0 aliphatic heterocycles. The van der Waals surface area contributed by atoms with Gasteiger partial charge in [-0.05, 0) is 31.8 Å². The van der Waals surface area contributed by atoms with Crippen molar-refractivity contribution in [1.82, 2.24) is 0 Å². The van der Waals surface area contributed by atoms with Crippen LogP contribution in [-0.4, -0.2) is 0 Å². The molecular formula is C20H25. The van der Waals surface area contributed by atoms with Gasteiger partial charge in [-0.1, -0.05) is 91.8 Å². The Morgan fingerprint density at radius 2 is 1.05 bits per heavy atom. The van der Waals surface area contributed by atoms with E-state index in [4.69, 9.17) is 0 Å². The first-order valence-corrected chi connectivity index (χ1v) is 7.55. The highest BCUT2D eigenvalue weighted by Crippen LogP contribution is 2.06. The molecule has 0 saturated heterocycles. The van der Waals surface area contributed by atoms with Crippen molar-refractivity contribution < 1.29 is 0 Å². The van der Waals surface area contributed by atoms with Crippen LogP contribution in [-0.2, 0) is 0 Å². The smallest absolute Gasteiger partial charge is 0.0276 e. The van der Waals surface area contributed by atoms with Crippen molar-refractivity contribution in [2.24, 2.45) is 0 Å². The Balaban J connectivity index is 2.45. The first kappa shape index (κ1) is 16.2. The molecule has 0 amide bonds. The summed E-state index contributed by atoms with van der Waals surface area (Å²) in [5.41, 5.74) is 0. The molecule has 0 aromatic rings. The summed E-state index contributed by atoms with van der Waals surface area (Å²) in [5.74, 6) is 0. The zero-order valence-corrected chi connectivity index (χ0v) is 12.2. The van der Waals surface area contributed by atoms with Gasteiger partial charge in [-0.25, -0.2) is 0 Å². The topological polar surface area (TPSA) is 0 Å². The molecule has 0 heterocycles. The number of rotatable bonds is 0. The lowest BCUT2D eigenvalue weighted by molar-refractivity contribution is 0.649. The van der Waals surface area contributed by atoms with Gasteiger partial charge in [-0.3, -0.25) is 0 Å². The minimum absolute atomic E-state index is 1.07. The van der Waals surface area contributed by atoms with Crippen molar-refractivity contribution in [3.8, 4) is 0 Å². The highest BCUT2D eigenvalue weighted by Gasteiger charge is 1.87. The molecule has 0 unspecified atom stereocenters. The monoisotopic (exact) mass is 265 g/mol. The molecule has 0 fully saturated rings. The predicted molar refractivity (Wildman–Crippen MR) is 90.4 cm³/mol. The fourth-order valence-corrected chi connectivity index (χ4v) is 1.80. The summed E-state index contributed by atoms with van der Waals surface area (Å²) in [6.07, 6.45) is 37.5. The molecule has 0 spiro atoms. The second-order valence-corrected chi connectivity index (χ2v) is 4.68. The molecule has 1 radical (unpaired) electrons. The van der Waals surface area contributed by atoms with Gasteiger partial charge in [-0.15, -0.1) is 0 Å². The van der Waals surface area contributed by atoms with E-state index >= 15 is 0 Å². The van der Waals surface area contributed by atoms with Gasteiger partial charge in [0.2, 0.25) is 0 Å². The van der Waals surface area contributed by atoms with Crippen LogP contribution in [0.4, 0.5) is 0 Å². The summed E-state index contributed by atoms with van der Waals surface area (Å²) in [6.45, 7) is 0. The van der Waals surface area contributed by atoms with Gasteiger partial charge in [0, 0.05) is 0 Å². The van der Waals surface area contributed by atoms with Crippen molar-refractivity contribution in [2.75, 3.05) is 0 Å².